The van der Waals surface area contributed by atoms with Gasteiger partial charge in [0.25, 0.3) is 0 Å². The zero-order valence-electron chi connectivity index (χ0n) is 20.2. The number of phenolic OH excluding ortho intramolecular Hbond substituents is 2. The van der Waals surface area contributed by atoms with E-state index in [0.717, 1.165) is 0 Å². The van der Waals surface area contributed by atoms with Crippen molar-refractivity contribution in [2.75, 3.05) is 13.2 Å². The quantitative estimate of drug-likeness (QED) is 0.248. The number of benzene rings is 4. The molecule has 4 aromatic carbocycles. The third-order valence-electron chi connectivity index (χ3n) is 5.64. The highest BCUT2D eigenvalue weighted by atomic mass is 32.2. The second-order valence-electron chi connectivity index (χ2n) is 8.34. The van der Waals surface area contributed by atoms with E-state index in [1.54, 1.807) is 24.3 Å². The molecule has 38 heavy (non-hydrogen) atoms. The van der Waals surface area contributed by atoms with Crippen LogP contribution in [-0.4, -0.2) is 40.3 Å². The first kappa shape index (κ1) is 27.0. The van der Waals surface area contributed by atoms with Crippen LogP contribution >= 0.6 is 0 Å². The fraction of sp³-hybridized carbons (Fsp3) is 0.143. The Balaban J connectivity index is 1.21. The Kier molecular flexibility index (Phi) is 8.23. The zero-order valence-corrected chi connectivity index (χ0v) is 21.9. The molecule has 0 aromatic heterocycles. The summed E-state index contributed by atoms with van der Waals surface area (Å²) < 4.78 is 62.1. The minimum Gasteiger partial charge on any atom is -0.508 e. The first-order valence-corrected chi connectivity index (χ1v) is 14.7. The average Bonchev–Trinajstić information content (AvgIpc) is 2.92. The van der Waals surface area contributed by atoms with Crippen molar-refractivity contribution in [3.8, 4) is 23.0 Å². The first-order valence-electron chi connectivity index (χ1n) is 11.7. The molecule has 0 fully saturated rings. The van der Waals surface area contributed by atoms with E-state index in [4.69, 9.17) is 9.47 Å². The summed E-state index contributed by atoms with van der Waals surface area (Å²) in [6.45, 7) is 0.828. The maximum atomic E-state index is 12.7. The summed E-state index contributed by atoms with van der Waals surface area (Å²) in [5.74, 6) is 1.07. The number of hydrogen-bond donors (Lipinski definition) is 2. The number of hydrogen-bond acceptors (Lipinski definition) is 8. The van der Waals surface area contributed by atoms with Crippen molar-refractivity contribution in [1.29, 1.82) is 0 Å². The summed E-state index contributed by atoms with van der Waals surface area (Å²) in [6, 6.07) is 23.0. The predicted molar refractivity (Wildman–Crippen MR) is 140 cm³/mol. The van der Waals surface area contributed by atoms with E-state index in [1.165, 1.54) is 72.8 Å². The minimum atomic E-state index is -3.68. The van der Waals surface area contributed by atoms with Crippen LogP contribution in [0.15, 0.2) is 117 Å². The molecule has 0 heterocycles. The largest absolute Gasteiger partial charge is 0.508 e. The van der Waals surface area contributed by atoms with Crippen molar-refractivity contribution in [2.24, 2.45) is 0 Å². The summed E-state index contributed by atoms with van der Waals surface area (Å²) in [4.78, 5) is 0.451. The van der Waals surface area contributed by atoms with E-state index in [0.29, 0.717) is 37.6 Å². The van der Waals surface area contributed by atoms with Crippen molar-refractivity contribution in [2.45, 2.75) is 32.4 Å². The fourth-order valence-electron chi connectivity index (χ4n) is 3.54. The van der Waals surface area contributed by atoms with E-state index in [1.807, 2.05) is 0 Å². The molecule has 8 nitrogen and oxygen atoms in total. The highest BCUT2D eigenvalue weighted by molar-refractivity contribution is 7.91. The lowest BCUT2D eigenvalue weighted by atomic mass is 10.3. The van der Waals surface area contributed by atoms with Crippen LogP contribution in [0, 0.1) is 0 Å². The second kappa shape index (κ2) is 11.6. The molecule has 0 spiro atoms. The van der Waals surface area contributed by atoms with Crippen molar-refractivity contribution >= 4 is 19.7 Å². The molecule has 0 amide bonds. The molecule has 0 aliphatic heterocycles. The van der Waals surface area contributed by atoms with Gasteiger partial charge in [0.1, 0.15) is 23.0 Å². The Labute approximate surface area is 221 Å². The van der Waals surface area contributed by atoms with Gasteiger partial charge in [0.05, 0.1) is 32.8 Å². The van der Waals surface area contributed by atoms with Gasteiger partial charge in [-0.2, -0.15) is 0 Å². The Morgan fingerprint density at radius 2 is 0.711 bits per heavy atom. The Morgan fingerprint density at radius 3 is 1.00 bits per heavy atom. The Bertz CT molecular complexity index is 1440. The molecule has 0 atom stereocenters. The van der Waals surface area contributed by atoms with Crippen molar-refractivity contribution in [3.05, 3.63) is 97.1 Å². The standard InChI is InChI=1S/C28H26O8S2/c29-21-3-11-25(12-4-21)37(31,32)27-15-7-23(8-16-27)35-19-1-2-20-36-24-9-17-28(18-10-24)38(33,34)26-13-5-22(30)6-14-26/h3-18,29-30H,1-2,19-20H2. The van der Waals surface area contributed by atoms with Gasteiger partial charge >= 0.3 is 0 Å². The van der Waals surface area contributed by atoms with Crippen LogP contribution in [0.4, 0.5) is 0 Å². The maximum Gasteiger partial charge on any atom is 0.206 e. The number of sulfone groups is 2. The van der Waals surface area contributed by atoms with Crippen LogP contribution in [0.2, 0.25) is 0 Å². The highest BCUT2D eigenvalue weighted by Crippen LogP contribution is 2.26. The van der Waals surface area contributed by atoms with E-state index >= 15 is 0 Å². The van der Waals surface area contributed by atoms with Gasteiger partial charge in [-0.05, 0) is 110 Å². The molecule has 4 aromatic rings. The molecule has 0 radical (unpaired) electrons. The van der Waals surface area contributed by atoms with Gasteiger partial charge < -0.3 is 19.7 Å². The normalized spacial score (nSPS) is 11.7. The third-order valence-corrected chi connectivity index (χ3v) is 9.21. The molecule has 0 bridgehead atoms. The lowest BCUT2D eigenvalue weighted by molar-refractivity contribution is 0.266. The van der Waals surface area contributed by atoms with E-state index in [-0.39, 0.29) is 31.1 Å². The summed E-state index contributed by atoms with van der Waals surface area (Å²) in [5.41, 5.74) is 0. The molecule has 10 heteroatoms. The van der Waals surface area contributed by atoms with E-state index in [2.05, 4.69) is 0 Å². The fourth-order valence-corrected chi connectivity index (χ4v) is 6.06. The number of ether oxygens (including phenoxy) is 2. The summed E-state index contributed by atoms with van der Waals surface area (Å²) >= 11 is 0. The molecule has 0 saturated carbocycles. The number of phenols is 2. The van der Waals surface area contributed by atoms with Gasteiger partial charge in [-0.3, -0.25) is 0 Å². The Hall–Kier alpha value is -4.02. The first-order chi connectivity index (χ1) is 18.2. The average molecular weight is 555 g/mol. The van der Waals surface area contributed by atoms with Crippen LogP contribution in [-0.2, 0) is 19.7 Å². The van der Waals surface area contributed by atoms with Gasteiger partial charge in [-0.15, -0.1) is 0 Å². The summed E-state index contributed by atoms with van der Waals surface area (Å²) in [5, 5.41) is 18.7. The molecule has 0 saturated heterocycles. The number of rotatable bonds is 11. The molecule has 4 rings (SSSR count). The van der Waals surface area contributed by atoms with Gasteiger partial charge in [-0.25, -0.2) is 16.8 Å². The molecular weight excluding hydrogens is 528 g/mol. The molecule has 0 aliphatic rings. The molecule has 0 aliphatic carbocycles. The lowest BCUT2D eigenvalue weighted by Gasteiger charge is -2.10. The van der Waals surface area contributed by atoms with Crippen LogP contribution in [0.25, 0.3) is 0 Å². The van der Waals surface area contributed by atoms with Crippen molar-refractivity contribution < 1.29 is 36.5 Å². The molecular formula is C28H26O8S2. The highest BCUT2D eigenvalue weighted by Gasteiger charge is 2.18. The third kappa shape index (κ3) is 6.45. The van der Waals surface area contributed by atoms with E-state index < -0.39 is 19.7 Å². The summed E-state index contributed by atoms with van der Waals surface area (Å²) in [6.07, 6.45) is 1.39. The van der Waals surface area contributed by atoms with Crippen LogP contribution < -0.4 is 9.47 Å². The van der Waals surface area contributed by atoms with Crippen molar-refractivity contribution in [1.82, 2.24) is 0 Å². The minimum absolute atomic E-state index is 0.00608. The van der Waals surface area contributed by atoms with Gasteiger partial charge in [0, 0.05) is 0 Å². The lowest BCUT2D eigenvalue weighted by Crippen LogP contribution is -2.04. The topological polar surface area (TPSA) is 127 Å². The SMILES string of the molecule is O=S(=O)(c1ccc(O)cc1)c1ccc(OCCCCOc2ccc(S(=O)(=O)c3ccc(O)cc3)cc2)cc1. The van der Waals surface area contributed by atoms with Gasteiger partial charge in [0.2, 0.25) is 19.7 Å². The Morgan fingerprint density at radius 1 is 0.447 bits per heavy atom. The van der Waals surface area contributed by atoms with Gasteiger partial charge in [0.15, 0.2) is 0 Å². The van der Waals surface area contributed by atoms with Crippen LogP contribution in [0.1, 0.15) is 12.8 Å². The summed E-state index contributed by atoms with van der Waals surface area (Å²) in [7, 11) is -7.37. The van der Waals surface area contributed by atoms with E-state index in [9.17, 15) is 27.0 Å². The molecule has 2 N–H and O–H groups in total. The van der Waals surface area contributed by atoms with Crippen molar-refractivity contribution in [3.63, 3.8) is 0 Å². The monoisotopic (exact) mass is 554 g/mol. The number of unbranched alkanes of at least 4 members (excludes halogenated alkanes) is 1. The van der Waals surface area contributed by atoms with Crippen LogP contribution in [0.5, 0.6) is 23.0 Å². The van der Waals surface area contributed by atoms with Crippen LogP contribution in [0.3, 0.4) is 0 Å². The molecule has 0 unspecified atom stereocenters. The number of aromatic hydroxyl groups is 2. The maximum absolute atomic E-state index is 12.7. The van der Waals surface area contributed by atoms with Gasteiger partial charge in [-0.1, -0.05) is 0 Å². The molecule has 198 valence electrons. The smallest absolute Gasteiger partial charge is 0.206 e. The second-order valence-corrected chi connectivity index (χ2v) is 12.2. The predicted octanol–water partition coefficient (Wildman–Crippen LogP) is 5.00. The zero-order chi connectivity index (χ0) is 27.2.